The Morgan fingerprint density at radius 2 is 1.70 bits per heavy atom. The highest BCUT2D eigenvalue weighted by molar-refractivity contribution is 6.36. The fourth-order valence-corrected chi connectivity index (χ4v) is 5.07. The fourth-order valence-electron chi connectivity index (χ4n) is 4.36. The third kappa shape index (κ3) is 2.62. The summed E-state index contributed by atoms with van der Waals surface area (Å²) in [6, 6.07) is 5.18. The number of fused-ring (bicyclic) bond motifs is 5. The second kappa shape index (κ2) is 6.21. The lowest BCUT2D eigenvalue weighted by molar-refractivity contribution is -0.124. The first-order chi connectivity index (χ1) is 12.9. The van der Waals surface area contributed by atoms with Crippen LogP contribution in [0.2, 0.25) is 15.1 Å². The number of aromatic nitrogens is 2. The Morgan fingerprint density at radius 3 is 2.33 bits per heavy atom. The van der Waals surface area contributed by atoms with E-state index in [1.807, 2.05) is 0 Å². The van der Waals surface area contributed by atoms with Gasteiger partial charge in [-0.15, -0.1) is 0 Å². The van der Waals surface area contributed by atoms with Crippen LogP contribution in [0.1, 0.15) is 18.4 Å². The molecule has 2 aromatic rings. The van der Waals surface area contributed by atoms with Crippen molar-refractivity contribution in [2.24, 2.45) is 11.8 Å². The summed E-state index contributed by atoms with van der Waals surface area (Å²) in [5.74, 6) is -1.19. The number of ether oxygens (including phenoxy) is 1. The minimum atomic E-state index is -0.414. The van der Waals surface area contributed by atoms with Gasteiger partial charge in [-0.25, -0.2) is 4.90 Å². The van der Waals surface area contributed by atoms with Crippen molar-refractivity contribution in [3.05, 3.63) is 45.0 Å². The second-order valence-corrected chi connectivity index (χ2v) is 8.34. The quantitative estimate of drug-likeness (QED) is 0.704. The number of amides is 2. The van der Waals surface area contributed by atoms with Crippen LogP contribution in [-0.4, -0.2) is 33.8 Å². The molecule has 2 bridgehead atoms. The van der Waals surface area contributed by atoms with Gasteiger partial charge < -0.3 is 4.74 Å². The molecule has 6 nitrogen and oxygen atoms in total. The molecule has 1 aromatic heterocycles. The number of carbonyl (C=O) groups is 2. The molecule has 0 radical (unpaired) electrons. The van der Waals surface area contributed by atoms with Crippen molar-refractivity contribution in [1.29, 1.82) is 0 Å². The Bertz CT molecular complexity index is 948. The van der Waals surface area contributed by atoms with Crippen LogP contribution < -0.4 is 4.90 Å². The molecule has 1 aromatic carbocycles. The lowest BCUT2D eigenvalue weighted by Gasteiger charge is -2.15. The summed E-state index contributed by atoms with van der Waals surface area (Å²) in [4.78, 5) is 26.9. The molecule has 2 amide bonds. The topological polar surface area (TPSA) is 64.4 Å². The number of hydrogen-bond donors (Lipinski definition) is 0. The van der Waals surface area contributed by atoms with Crippen molar-refractivity contribution in [1.82, 2.24) is 9.78 Å². The van der Waals surface area contributed by atoms with Crippen molar-refractivity contribution >= 4 is 52.4 Å². The van der Waals surface area contributed by atoms with E-state index in [0.717, 1.165) is 23.3 Å². The van der Waals surface area contributed by atoms with Crippen LogP contribution in [0.15, 0.2) is 24.4 Å². The molecular formula is C18H14Cl3N3O3. The molecule has 4 heterocycles. The van der Waals surface area contributed by atoms with Crippen LogP contribution in [-0.2, 0) is 20.9 Å². The first kappa shape index (κ1) is 17.5. The van der Waals surface area contributed by atoms with Gasteiger partial charge in [0.1, 0.15) is 5.02 Å². The summed E-state index contributed by atoms with van der Waals surface area (Å²) in [7, 11) is 0. The Hall–Kier alpha value is -1.60. The van der Waals surface area contributed by atoms with Crippen LogP contribution in [0, 0.1) is 11.8 Å². The molecule has 140 valence electrons. The van der Waals surface area contributed by atoms with E-state index < -0.39 is 11.8 Å². The molecule has 3 aliphatic rings. The second-order valence-electron chi connectivity index (χ2n) is 7.09. The molecule has 5 rings (SSSR count). The summed E-state index contributed by atoms with van der Waals surface area (Å²) in [6.45, 7) is 0.340. The molecule has 0 aliphatic carbocycles. The first-order valence-corrected chi connectivity index (χ1v) is 9.77. The smallest absolute Gasteiger partial charge is 0.241 e. The Kier molecular flexibility index (Phi) is 4.02. The van der Waals surface area contributed by atoms with Crippen molar-refractivity contribution in [3.63, 3.8) is 0 Å². The Morgan fingerprint density at radius 1 is 1.04 bits per heavy atom. The summed E-state index contributed by atoms with van der Waals surface area (Å²) < 4.78 is 7.31. The van der Waals surface area contributed by atoms with E-state index in [1.165, 1.54) is 0 Å². The van der Waals surface area contributed by atoms with Gasteiger partial charge in [-0.2, -0.15) is 5.10 Å². The van der Waals surface area contributed by atoms with Crippen LogP contribution in [0.3, 0.4) is 0 Å². The third-order valence-corrected chi connectivity index (χ3v) is 6.40. The maximum atomic E-state index is 12.9. The zero-order valence-corrected chi connectivity index (χ0v) is 16.2. The fraction of sp³-hybridized carbons (Fsp3) is 0.389. The number of carbonyl (C=O) groups excluding carboxylic acids is 2. The van der Waals surface area contributed by atoms with E-state index >= 15 is 0 Å². The molecule has 4 atom stereocenters. The third-order valence-electron chi connectivity index (χ3n) is 5.54. The number of rotatable bonds is 3. The predicted molar refractivity (Wildman–Crippen MR) is 100 cm³/mol. The zero-order chi connectivity index (χ0) is 18.9. The van der Waals surface area contributed by atoms with Gasteiger partial charge in [0.05, 0.1) is 30.6 Å². The molecule has 0 N–H and O–H groups in total. The van der Waals surface area contributed by atoms with Crippen molar-refractivity contribution in [3.8, 4) is 0 Å². The first-order valence-electron chi connectivity index (χ1n) is 8.64. The maximum Gasteiger partial charge on any atom is 0.241 e. The van der Waals surface area contributed by atoms with E-state index in [0.29, 0.717) is 16.6 Å². The van der Waals surface area contributed by atoms with Gasteiger partial charge in [0.15, 0.2) is 5.82 Å². The summed E-state index contributed by atoms with van der Waals surface area (Å²) in [5.41, 5.74) is 0.800. The highest BCUT2D eigenvalue weighted by Crippen LogP contribution is 2.49. The van der Waals surface area contributed by atoms with E-state index in [-0.39, 0.29) is 34.9 Å². The highest BCUT2D eigenvalue weighted by Gasteiger charge is 2.63. The SMILES string of the molecule is O=C1[C@@H]2[C@@H](C(=O)N1c1nn(Cc3ccc(Cl)cc3Cl)cc1Cl)[C@H]1CC[C@H]2O1. The molecule has 0 spiro atoms. The van der Waals surface area contributed by atoms with Crippen LogP contribution in [0.25, 0.3) is 0 Å². The van der Waals surface area contributed by atoms with Gasteiger partial charge in [0.2, 0.25) is 11.8 Å². The van der Waals surface area contributed by atoms with Crippen molar-refractivity contribution in [2.75, 3.05) is 4.90 Å². The molecule has 0 saturated carbocycles. The molecule has 3 saturated heterocycles. The van der Waals surface area contributed by atoms with E-state index in [1.54, 1.807) is 29.1 Å². The summed E-state index contributed by atoms with van der Waals surface area (Å²) in [6.07, 6.45) is 2.87. The molecular weight excluding hydrogens is 413 g/mol. The van der Waals surface area contributed by atoms with E-state index in [2.05, 4.69) is 5.10 Å². The average molecular weight is 427 g/mol. The summed E-state index contributed by atoms with van der Waals surface area (Å²) >= 11 is 18.5. The molecule has 3 aliphatic heterocycles. The van der Waals surface area contributed by atoms with Gasteiger partial charge >= 0.3 is 0 Å². The van der Waals surface area contributed by atoms with Crippen molar-refractivity contribution < 1.29 is 14.3 Å². The Balaban J connectivity index is 1.45. The van der Waals surface area contributed by atoms with Gasteiger partial charge in [-0.05, 0) is 30.5 Å². The average Bonchev–Trinajstić information content (AvgIpc) is 3.36. The Labute approximate surface area is 169 Å². The van der Waals surface area contributed by atoms with Crippen LogP contribution >= 0.6 is 34.8 Å². The van der Waals surface area contributed by atoms with E-state index in [4.69, 9.17) is 39.5 Å². The number of benzene rings is 1. The molecule has 27 heavy (non-hydrogen) atoms. The minimum Gasteiger partial charge on any atom is -0.373 e. The van der Waals surface area contributed by atoms with Gasteiger partial charge in [0, 0.05) is 16.2 Å². The number of anilines is 1. The number of halogens is 3. The molecule has 9 heteroatoms. The largest absolute Gasteiger partial charge is 0.373 e. The lowest BCUT2D eigenvalue weighted by Crippen LogP contribution is -2.34. The summed E-state index contributed by atoms with van der Waals surface area (Å²) in [5, 5.41) is 5.68. The number of imide groups is 1. The monoisotopic (exact) mass is 425 g/mol. The minimum absolute atomic E-state index is 0.171. The lowest BCUT2D eigenvalue weighted by atomic mass is 9.81. The number of hydrogen-bond acceptors (Lipinski definition) is 4. The van der Waals surface area contributed by atoms with Crippen LogP contribution in [0.5, 0.6) is 0 Å². The molecule has 3 fully saturated rings. The van der Waals surface area contributed by atoms with Gasteiger partial charge in [-0.3, -0.25) is 14.3 Å². The van der Waals surface area contributed by atoms with E-state index in [9.17, 15) is 9.59 Å². The highest BCUT2D eigenvalue weighted by atomic mass is 35.5. The predicted octanol–water partition coefficient (Wildman–Crippen LogP) is 3.56. The van der Waals surface area contributed by atoms with Crippen molar-refractivity contribution in [2.45, 2.75) is 31.6 Å². The molecule has 0 unspecified atom stereocenters. The standard InChI is InChI=1S/C18H14Cl3N3O3/c19-9-2-1-8(10(20)5-9)6-23-7-11(21)16(22-23)24-17(25)14-12-3-4-13(27-12)15(14)18(24)26/h1-2,5,7,12-15H,3-4,6H2/t12-,13-,14+,15+/m1/s1. The normalized spacial score (nSPS) is 29.1. The van der Waals surface area contributed by atoms with Gasteiger partial charge in [-0.1, -0.05) is 40.9 Å². The van der Waals surface area contributed by atoms with Gasteiger partial charge in [0.25, 0.3) is 0 Å². The zero-order valence-electron chi connectivity index (χ0n) is 13.9. The number of nitrogens with zero attached hydrogens (tertiary/aromatic N) is 3. The van der Waals surface area contributed by atoms with Crippen LogP contribution in [0.4, 0.5) is 5.82 Å². The maximum absolute atomic E-state index is 12.9.